The largest absolute Gasteiger partial charge is 0.379 e. The monoisotopic (exact) mass is 266 g/mol. The molecule has 0 bridgehead atoms. The molecule has 0 atom stereocenters. The topological polar surface area (TPSA) is 42.7 Å². The highest BCUT2D eigenvalue weighted by Gasteiger charge is 2.11. The molecule has 0 saturated carbocycles. The van der Waals surface area contributed by atoms with Gasteiger partial charge in [-0.15, -0.1) is 0 Å². The molecule has 102 valence electrons. The number of fused-ring (bicyclic) bond motifs is 1. The molecular formula is C16H18N4. The zero-order chi connectivity index (χ0) is 14.2. The molecule has 0 aliphatic heterocycles. The minimum Gasteiger partial charge on any atom is -0.379 e. The van der Waals surface area contributed by atoms with Crippen molar-refractivity contribution in [3.8, 4) is 5.69 Å². The molecule has 1 N–H and O–H groups in total. The van der Waals surface area contributed by atoms with Crippen molar-refractivity contribution >= 4 is 16.7 Å². The SMILES string of the molecule is CC(C)(C)Nc1cnc2c(ccn2-c2ccncc2)c1. The van der Waals surface area contributed by atoms with Gasteiger partial charge in [-0.05, 0) is 45.0 Å². The summed E-state index contributed by atoms with van der Waals surface area (Å²) in [5, 5.41) is 4.56. The number of pyridine rings is 2. The van der Waals surface area contributed by atoms with E-state index in [1.54, 1.807) is 12.4 Å². The fourth-order valence-corrected chi connectivity index (χ4v) is 2.24. The maximum Gasteiger partial charge on any atom is 0.144 e. The smallest absolute Gasteiger partial charge is 0.144 e. The fourth-order valence-electron chi connectivity index (χ4n) is 2.24. The lowest BCUT2D eigenvalue weighted by molar-refractivity contribution is 0.634. The minimum atomic E-state index is 0.0308. The van der Waals surface area contributed by atoms with E-state index in [1.807, 2.05) is 24.5 Å². The number of nitrogens with zero attached hydrogens (tertiary/aromatic N) is 3. The lowest BCUT2D eigenvalue weighted by Crippen LogP contribution is -2.26. The van der Waals surface area contributed by atoms with Crippen molar-refractivity contribution in [1.29, 1.82) is 0 Å². The summed E-state index contributed by atoms with van der Waals surface area (Å²) < 4.78 is 2.07. The Hall–Kier alpha value is -2.36. The highest BCUT2D eigenvalue weighted by molar-refractivity contribution is 5.81. The van der Waals surface area contributed by atoms with E-state index in [2.05, 4.69) is 52.8 Å². The third kappa shape index (κ3) is 2.50. The van der Waals surface area contributed by atoms with E-state index < -0.39 is 0 Å². The zero-order valence-electron chi connectivity index (χ0n) is 12.0. The maximum atomic E-state index is 4.58. The highest BCUT2D eigenvalue weighted by Crippen LogP contribution is 2.22. The normalized spacial score (nSPS) is 11.8. The standard InChI is InChI=1S/C16H18N4/c1-16(2,3)19-13-10-12-6-9-20(15(12)18-11-13)14-4-7-17-8-5-14/h4-11,19H,1-3H3. The van der Waals surface area contributed by atoms with Crippen molar-refractivity contribution in [2.24, 2.45) is 0 Å². The number of nitrogens with one attached hydrogen (secondary N) is 1. The molecule has 0 saturated heterocycles. The van der Waals surface area contributed by atoms with Crippen LogP contribution in [-0.4, -0.2) is 20.1 Å². The average molecular weight is 266 g/mol. The van der Waals surface area contributed by atoms with Crippen molar-refractivity contribution in [3.05, 3.63) is 49.1 Å². The first-order valence-electron chi connectivity index (χ1n) is 6.69. The van der Waals surface area contributed by atoms with Gasteiger partial charge in [-0.2, -0.15) is 0 Å². The zero-order valence-corrected chi connectivity index (χ0v) is 12.0. The van der Waals surface area contributed by atoms with Crippen molar-refractivity contribution in [3.63, 3.8) is 0 Å². The first-order valence-corrected chi connectivity index (χ1v) is 6.69. The molecule has 0 aliphatic rings. The Morgan fingerprint density at radius 2 is 1.85 bits per heavy atom. The number of hydrogen-bond acceptors (Lipinski definition) is 3. The van der Waals surface area contributed by atoms with Gasteiger partial charge in [0.05, 0.1) is 17.6 Å². The van der Waals surface area contributed by atoms with E-state index in [-0.39, 0.29) is 5.54 Å². The number of aromatic nitrogens is 3. The molecule has 0 unspecified atom stereocenters. The average Bonchev–Trinajstić information content (AvgIpc) is 2.81. The van der Waals surface area contributed by atoms with Crippen molar-refractivity contribution < 1.29 is 0 Å². The Morgan fingerprint density at radius 1 is 1.10 bits per heavy atom. The second kappa shape index (κ2) is 4.63. The van der Waals surface area contributed by atoms with Crippen LogP contribution >= 0.6 is 0 Å². The molecule has 4 nitrogen and oxygen atoms in total. The Labute approximate surface area is 118 Å². The summed E-state index contributed by atoms with van der Waals surface area (Å²) in [6, 6.07) is 8.16. The second-order valence-electron chi connectivity index (χ2n) is 5.90. The minimum absolute atomic E-state index is 0.0308. The van der Waals surface area contributed by atoms with Crippen LogP contribution in [0.25, 0.3) is 16.7 Å². The molecule has 0 amide bonds. The van der Waals surface area contributed by atoms with Crippen LogP contribution in [0, 0.1) is 0 Å². The molecular weight excluding hydrogens is 248 g/mol. The van der Waals surface area contributed by atoms with E-state index >= 15 is 0 Å². The summed E-state index contributed by atoms with van der Waals surface area (Å²) in [4.78, 5) is 8.63. The van der Waals surface area contributed by atoms with E-state index in [1.165, 1.54) is 0 Å². The molecule has 3 rings (SSSR count). The van der Waals surface area contributed by atoms with Crippen LogP contribution in [0.3, 0.4) is 0 Å². The fraction of sp³-hybridized carbons (Fsp3) is 0.250. The van der Waals surface area contributed by atoms with Crippen LogP contribution in [-0.2, 0) is 0 Å². The van der Waals surface area contributed by atoms with Gasteiger partial charge in [0.2, 0.25) is 0 Å². The number of anilines is 1. The predicted octanol–water partition coefficient (Wildman–Crippen LogP) is 3.63. The summed E-state index contributed by atoms with van der Waals surface area (Å²) in [7, 11) is 0. The molecule has 0 fully saturated rings. The Morgan fingerprint density at radius 3 is 2.55 bits per heavy atom. The van der Waals surface area contributed by atoms with Crippen molar-refractivity contribution in [2.45, 2.75) is 26.3 Å². The Kier molecular flexibility index (Phi) is 2.93. The highest BCUT2D eigenvalue weighted by atomic mass is 15.0. The van der Waals surface area contributed by atoms with Crippen LogP contribution in [0.5, 0.6) is 0 Å². The Balaban J connectivity index is 2.03. The first kappa shape index (κ1) is 12.7. The van der Waals surface area contributed by atoms with Gasteiger partial charge in [0.25, 0.3) is 0 Å². The van der Waals surface area contributed by atoms with Gasteiger partial charge in [-0.25, -0.2) is 4.98 Å². The molecule has 3 aromatic heterocycles. The molecule has 4 heteroatoms. The quantitative estimate of drug-likeness (QED) is 0.770. The second-order valence-corrected chi connectivity index (χ2v) is 5.90. The number of hydrogen-bond donors (Lipinski definition) is 1. The summed E-state index contributed by atoms with van der Waals surface area (Å²) >= 11 is 0. The maximum absolute atomic E-state index is 4.58. The lowest BCUT2D eigenvalue weighted by Gasteiger charge is -2.21. The van der Waals surface area contributed by atoms with Crippen LogP contribution in [0.2, 0.25) is 0 Å². The number of rotatable bonds is 2. The van der Waals surface area contributed by atoms with Gasteiger partial charge in [-0.3, -0.25) is 4.98 Å². The molecule has 3 heterocycles. The van der Waals surface area contributed by atoms with Crippen molar-refractivity contribution in [2.75, 3.05) is 5.32 Å². The molecule has 3 aromatic rings. The van der Waals surface area contributed by atoms with Crippen LogP contribution < -0.4 is 5.32 Å². The third-order valence-corrected chi connectivity index (χ3v) is 2.99. The molecule has 0 aromatic carbocycles. The summed E-state index contributed by atoms with van der Waals surface area (Å²) in [6.07, 6.45) is 7.49. The van der Waals surface area contributed by atoms with Gasteiger partial charge < -0.3 is 9.88 Å². The summed E-state index contributed by atoms with van der Waals surface area (Å²) in [6.45, 7) is 6.41. The predicted molar refractivity (Wildman–Crippen MR) is 82.2 cm³/mol. The molecule has 0 aliphatic carbocycles. The van der Waals surface area contributed by atoms with E-state index in [4.69, 9.17) is 0 Å². The van der Waals surface area contributed by atoms with E-state index in [9.17, 15) is 0 Å². The first-order chi connectivity index (χ1) is 9.53. The van der Waals surface area contributed by atoms with E-state index in [0.717, 1.165) is 22.4 Å². The third-order valence-electron chi connectivity index (χ3n) is 2.99. The van der Waals surface area contributed by atoms with Crippen molar-refractivity contribution in [1.82, 2.24) is 14.5 Å². The van der Waals surface area contributed by atoms with Crippen LogP contribution in [0.15, 0.2) is 49.1 Å². The lowest BCUT2D eigenvalue weighted by atomic mass is 10.1. The molecule has 0 radical (unpaired) electrons. The van der Waals surface area contributed by atoms with E-state index in [0.29, 0.717) is 0 Å². The summed E-state index contributed by atoms with van der Waals surface area (Å²) in [5.41, 5.74) is 3.09. The Bertz CT molecular complexity index is 723. The van der Waals surface area contributed by atoms with Crippen LogP contribution in [0.1, 0.15) is 20.8 Å². The van der Waals surface area contributed by atoms with Gasteiger partial charge in [-0.1, -0.05) is 0 Å². The van der Waals surface area contributed by atoms with Gasteiger partial charge in [0.15, 0.2) is 0 Å². The molecule has 0 spiro atoms. The van der Waals surface area contributed by atoms with Crippen LogP contribution in [0.4, 0.5) is 5.69 Å². The summed E-state index contributed by atoms with van der Waals surface area (Å²) in [5.74, 6) is 0. The van der Waals surface area contributed by atoms with Gasteiger partial charge in [0, 0.05) is 29.5 Å². The van der Waals surface area contributed by atoms with Gasteiger partial charge in [0.1, 0.15) is 5.65 Å². The molecule has 20 heavy (non-hydrogen) atoms. The van der Waals surface area contributed by atoms with Gasteiger partial charge >= 0.3 is 0 Å².